The fraction of sp³-hybridized carbons (Fsp3) is 0.300. The first-order chi connectivity index (χ1) is 7.80. The van der Waals surface area contributed by atoms with Gasteiger partial charge < -0.3 is 10.5 Å². The number of benzene rings is 1. The van der Waals surface area contributed by atoms with E-state index in [1.54, 1.807) is 13.0 Å². The van der Waals surface area contributed by atoms with E-state index in [4.69, 9.17) is 15.6 Å². The molecule has 0 spiro atoms. The third-order valence-corrected chi connectivity index (χ3v) is 2.94. The summed E-state index contributed by atoms with van der Waals surface area (Å²) in [5.41, 5.74) is 5.69. The number of hydrogen-bond acceptors (Lipinski definition) is 4. The van der Waals surface area contributed by atoms with Gasteiger partial charge >= 0.3 is 0 Å². The number of rotatable bonds is 5. The molecule has 0 unspecified atom stereocenters. The fourth-order valence-electron chi connectivity index (χ4n) is 1.22. The van der Waals surface area contributed by atoms with Crippen LogP contribution in [0.15, 0.2) is 23.1 Å². The van der Waals surface area contributed by atoms with Crippen LogP contribution in [0, 0.1) is 6.92 Å². The number of aryl methyl sites for hydroxylation is 1. The molecular formula is C10H14N2O4S. The summed E-state index contributed by atoms with van der Waals surface area (Å²) in [6.45, 7) is 1.75. The number of carbonyl (C=O) groups is 1. The lowest BCUT2D eigenvalue weighted by Crippen LogP contribution is -2.17. The molecule has 0 atom stereocenters. The van der Waals surface area contributed by atoms with Crippen molar-refractivity contribution < 1.29 is 17.9 Å². The summed E-state index contributed by atoms with van der Waals surface area (Å²) in [4.78, 5) is 10.4. The van der Waals surface area contributed by atoms with E-state index in [9.17, 15) is 13.2 Å². The number of hydrogen-bond donors (Lipinski definition) is 2. The Balaban J connectivity index is 2.95. The van der Waals surface area contributed by atoms with E-state index < -0.39 is 15.9 Å². The van der Waals surface area contributed by atoms with Crippen LogP contribution >= 0.6 is 0 Å². The van der Waals surface area contributed by atoms with Crippen LogP contribution in [0.3, 0.4) is 0 Å². The Hall–Kier alpha value is -1.60. The van der Waals surface area contributed by atoms with Crippen molar-refractivity contribution in [2.75, 3.05) is 6.61 Å². The van der Waals surface area contributed by atoms with Crippen LogP contribution < -0.4 is 15.6 Å². The van der Waals surface area contributed by atoms with Crippen molar-refractivity contribution in [3.8, 4) is 5.75 Å². The molecule has 1 rings (SSSR count). The molecule has 0 aliphatic carbocycles. The second-order valence-corrected chi connectivity index (χ2v) is 5.09. The number of sulfonamides is 1. The third-order valence-electron chi connectivity index (χ3n) is 2.01. The first kappa shape index (κ1) is 13.5. The van der Waals surface area contributed by atoms with Gasteiger partial charge in [0, 0.05) is 0 Å². The number of primary sulfonamides is 1. The minimum absolute atomic E-state index is 0.0118. The highest BCUT2D eigenvalue weighted by Crippen LogP contribution is 2.23. The molecule has 7 heteroatoms. The fourth-order valence-corrected chi connectivity index (χ4v) is 1.98. The highest BCUT2D eigenvalue weighted by Gasteiger charge is 2.15. The molecule has 0 fully saturated rings. The Morgan fingerprint density at radius 2 is 2.06 bits per heavy atom. The van der Waals surface area contributed by atoms with Crippen LogP contribution in [-0.2, 0) is 14.8 Å². The zero-order chi connectivity index (χ0) is 13.1. The SMILES string of the molecule is Cc1ccc(OCCC(N)=O)c(S(N)(=O)=O)c1. The largest absolute Gasteiger partial charge is 0.492 e. The molecule has 0 aliphatic rings. The standard InChI is InChI=1S/C10H14N2O4S/c1-7-2-3-8(16-5-4-10(11)13)9(6-7)17(12,14)15/h2-3,6H,4-5H2,1H3,(H2,11,13)(H2,12,14,15). The van der Waals surface area contributed by atoms with Crippen molar-refractivity contribution in [1.29, 1.82) is 0 Å². The van der Waals surface area contributed by atoms with E-state index in [1.807, 2.05) is 0 Å². The highest BCUT2D eigenvalue weighted by atomic mass is 32.2. The Morgan fingerprint density at radius 1 is 1.41 bits per heavy atom. The highest BCUT2D eigenvalue weighted by molar-refractivity contribution is 7.89. The van der Waals surface area contributed by atoms with Gasteiger partial charge in [0.25, 0.3) is 0 Å². The van der Waals surface area contributed by atoms with Gasteiger partial charge in [-0.3, -0.25) is 4.79 Å². The van der Waals surface area contributed by atoms with E-state index in [-0.39, 0.29) is 23.7 Å². The van der Waals surface area contributed by atoms with Crippen molar-refractivity contribution in [2.45, 2.75) is 18.2 Å². The first-order valence-corrected chi connectivity index (χ1v) is 6.40. The Kier molecular flexibility index (Phi) is 4.08. The molecule has 1 aromatic rings. The van der Waals surface area contributed by atoms with E-state index in [0.29, 0.717) is 0 Å². The number of ether oxygens (including phenoxy) is 1. The van der Waals surface area contributed by atoms with Crippen LogP contribution in [0.25, 0.3) is 0 Å². The quantitative estimate of drug-likeness (QED) is 0.767. The molecule has 0 saturated heterocycles. The van der Waals surface area contributed by atoms with E-state index >= 15 is 0 Å². The van der Waals surface area contributed by atoms with Crippen LogP contribution in [0.5, 0.6) is 5.75 Å². The van der Waals surface area contributed by atoms with Crippen LogP contribution in [-0.4, -0.2) is 20.9 Å². The van der Waals surface area contributed by atoms with Gasteiger partial charge in [-0.05, 0) is 24.6 Å². The van der Waals surface area contributed by atoms with E-state index in [0.717, 1.165) is 5.56 Å². The van der Waals surface area contributed by atoms with Gasteiger partial charge in [0.05, 0.1) is 13.0 Å². The van der Waals surface area contributed by atoms with Crippen molar-refractivity contribution in [3.63, 3.8) is 0 Å². The van der Waals surface area contributed by atoms with Gasteiger partial charge in [-0.25, -0.2) is 13.6 Å². The molecule has 17 heavy (non-hydrogen) atoms. The summed E-state index contributed by atoms with van der Waals surface area (Å²) < 4.78 is 27.8. The Bertz CT molecular complexity index is 525. The van der Waals surface area contributed by atoms with E-state index in [2.05, 4.69) is 0 Å². The zero-order valence-electron chi connectivity index (χ0n) is 9.34. The molecule has 0 bridgehead atoms. The number of nitrogens with two attached hydrogens (primary N) is 2. The monoisotopic (exact) mass is 258 g/mol. The Morgan fingerprint density at radius 3 is 2.59 bits per heavy atom. The second-order valence-electron chi connectivity index (χ2n) is 3.56. The van der Waals surface area contributed by atoms with Gasteiger partial charge in [-0.1, -0.05) is 6.07 Å². The van der Waals surface area contributed by atoms with Gasteiger partial charge in [0.1, 0.15) is 10.6 Å². The first-order valence-electron chi connectivity index (χ1n) is 4.85. The molecule has 1 amide bonds. The van der Waals surface area contributed by atoms with Crippen molar-refractivity contribution in [3.05, 3.63) is 23.8 Å². The average molecular weight is 258 g/mol. The number of amides is 1. The Labute approximate surface area is 99.6 Å². The smallest absolute Gasteiger partial charge is 0.241 e. The molecule has 0 aromatic heterocycles. The molecule has 0 heterocycles. The summed E-state index contributed by atoms with van der Waals surface area (Å²) in [5, 5.41) is 5.06. The summed E-state index contributed by atoms with van der Waals surface area (Å²) >= 11 is 0. The van der Waals surface area contributed by atoms with Crippen molar-refractivity contribution in [2.24, 2.45) is 10.9 Å². The maximum absolute atomic E-state index is 11.3. The summed E-state index contributed by atoms with van der Waals surface area (Å²) in [6, 6.07) is 4.60. The number of primary amides is 1. The second kappa shape index (κ2) is 5.15. The van der Waals surface area contributed by atoms with Crippen LogP contribution in [0.4, 0.5) is 0 Å². The van der Waals surface area contributed by atoms with Crippen LogP contribution in [0.1, 0.15) is 12.0 Å². The minimum Gasteiger partial charge on any atom is -0.492 e. The molecular weight excluding hydrogens is 244 g/mol. The molecule has 6 nitrogen and oxygen atoms in total. The third kappa shape index (κ3) is 4.04. The lowest BCUT2D eigenvalue weighted by atomic mass is 10.2. The number of carbonyl (C=O) groups excluding carboxylic acids is 1. The van der Waals surface area contributed by atoms with Crippen molar-refractivity contribution in [1.82, 2.24) is 0 Å². The van der Waals surface area contributed by atoms with Gasteiger partial charge in [0.15, 0.2) is 0 Å². The molecule has 1 aromatic carbocycles. The van der Waals surface area contributed by atoms with E-state index in [1.165, 1.54) is 12.1 Å². The molecule has 0 saturated carbocycles. The molecule has 4 N–H and O–H groups in total. The summed E-state index contributed by atoms with van der Waals surface area (Å²) in [5.74, 6) is -0.395. The normalized spacial score (nSPS) is 11.2. The molecule has 94 valence electrons. The predicted octanol–water partition coefficient (Wildman–Crippen LogP) is -0.103. The van der Waals surface area contributed by atoms with Crippen molar-refractivity contribution >= 4 is 15.9 Å². The maximum atomic E-state index is 11.3. The van der Waals surface area contributed by atoms with Gasteiger partial charge in [0.2, 0.25) is 15.9 Å². The minimum atomic E-state index is -3.85. The lowest BCUT2D eigenvalue weighted by molar-refractivity contribution is -0.118. The summed E-state index contributed by atoms with van der Waals surface area (Å²) in [6.07, 6.45) is 0.0118. The average Bonchev–Trinajstić information content (AvgIpc) is 2.18. The zero-order valence-corrected chi connectivity index (χ0v) is 10.2. The molecule has 0 radical (unpaired) electrons. The lowest BCUT2D eigenvalue weighted by Gasteiger charge is -2.10. The van der Waals surface area contributed by atoms with Gasteiger partial charge in [-0.2, -0.15) is 0 Å². The van der Waals surface area contributed by atoms with Crippen LogP contribution in [0.2, 0.25) is 0 Å². The maximum Gasteiger partial charge on any atom is 0.241 e. The van der Waals surface area contributed by atoms with Gasteiger partial charge in [-0.15, -0.1) is 0 Å². The molecule has 0 aliphatic heterocycles. The topological polar surface area (TPSA) is 112 Å². The summed E-state index contributed by atoms with van der Waals surface area (Å²) in [7, 11) is -3.85. The predicted molar refractivity (Wildman–Crippen MR) is 61.9 cm³/mol.